The number of halogens is 6. The van der Waals surface area contributed by atoms with Crippen LogP contribution in [-0.2, 0) is 38.8 Å². The fraction of sp³-hybridized carbons (Fsp3) is 0.333. The van der Waals surface area contributed by atoms with Crippen molar-refractivity contribution < 1.29 is 45.4 Å². The van der Waals surface area contributed by atoms with Crippen LogP contribution in [0.4, 0.5) is 31.1 Å². The first-order chi connectivity index (χ1) is 19.3. The second-order valence-electron chi connectivity index (χ2n) is 9.86. The fourth-order valence-electron chi connectivity index (χ4n) is 4.78. The van der Waals surface area contributed by atoms with Crippen LogP contribution >= 0.6 is 0 Å². The number of carbonyl (C=O) groups is 2. The van der Waals surface area contributed by atoms with Gasteiger partial charge in [-0.2, -0.15) is 26.3 Å². The lowest BCUT2D eigenvalue weighted by Crippen LogP contribution is -2.57. The molecule has 0 bridgehead atoms. The monoisotopic (exact) mass is 579 g/mol. The first-order valence-corrected chi connectivity index (χ1v) is 12.8. The molecule has 4 rings (SSSR count). The van der Waals surface area contributed by atoms with Crippen LogP contribution in [0.1, 0.15) is 53.7 Å². The maximum atomic E-state index is 13.4. The van der Waals surface area contributed by atoms with Gasteiger partial charge in [-0.25, -0.2) is 4.79 Å². The molecule has 0 aliphatic carbocycles. The van der Waals surface area contributed by atoms with E-state index in [1.54, 1.807) is 60.7 Å². The van der Waals surface area contributed by atoms with Crippen molar-refractivity contribution in [2.75, 3.05) is 13.2 Å². The van der Waals surface area contributed by atoms with Crippen LogP contribution in [0.25, 0.3) is 0 Å². The molecule has 0 saturated carbocycles. The number of amides is 1. The van der Waals surface area contributed by atoms with E-state index in [0.717, 1.165) is 0 Å². The summed E-state index contributed by atoms with van der Waals surface area (Å²) in [6.07, 6.45) is -11.9. The van der Waals surface area contributed by atoms with E-state index >= 15 is 0 Å². The normalized spacial score (nSPS) is 18.7. The van der Waals surface area contributed by atoms with Crippen LogP contribution < -0.4 is 0 Å². The van der Waals surface area contributed by atoms with Crippen LogP contribution in [0.3, 0.4) is 0 Å². The van der Waals surface area contributed by atoms with Crippen LogP contribution in [0.5, 0.6) is 0 Å². The minimum Gasteiger partial charge on any atom is -0.445 e. The second kappa shape index (κ2) is 11.9. The molecule has 0 spiro atoms. The zero-order chi connectivity index (χ0) is 29.8. The molecule has 1 fully saturated rings. The molecule has 1 aliphatic rings. The Morgan fingerprint density at radius 2 is 1.46 bits per heavy atom. The topological polar surface area (TPSA) is 55.8 Å². The lowest BCUT2D eigenvalue weighted by atomic mass is 9.80. The Balaban J connectivity index is 1.66. The summed E-state index contributed by atoms with van der Waals surface area (Å²) in [6.45, 7) is 0.642. The number of likely N-dealkylation sites (tertiary alicyclic amines) is 1. The molecule has 3 aromatic rings. The largest absolute Gasteiger partial charge is 0.445 e. The van der Waals surface area contributed by atoms with Gasteiger partial charge in [-0.15, -0.1) is 0 Å². The van der Waals surface area contributed by atoms with Crippen molar-refractivity contribution in [3.8, 4) is 0 Å². The minimum atomic E-state index is -5.01. The molecule has 1 amide bonds. The minimum absolute atomic E-state index is 0.0545. The summed E-state index contributed by atoms with van der Waals surface area (Å²) in [5.41, 5.74) is -3.22. The number of alkyl halides is 6. The van der Waals surface area contributed by atoms with Crippen molar-refractivity contribution in [1.82, 2.24) is 4.90 Å². The maximum Gasteiger partial charge on any atom is 0.416 e. The Morgan fingerprint density at radius 1 is 0.902 bits per heavy atom. The molecule has 2 unspecified atom stereocenters. The van der Waals surface area contributed by atoms with E-state index < -0.39 is 41.2 Å². The molecular weight excluding hydrogens is 552 g/mol. The van der Waals surface area contributed by atoms with Crippen LogP contribution in [-0.4, -0.2) is 29.9 Å². The number of rotatable bonds is 7. The van der Waals surface area contributed by atoms with E-state index in [1.807, 2.05) is 0 Å². The first kappa shape index (κ1) is 30.1. The van der Waals surface area contributed by atoms with Gasteiger partial charge in [0.05, 0.1) is 35.9 Å². The smallest absolute Gasteiger partial charge is 0.416 e. The molecule has 3 aromatic carbocycles. The SMILES string of the molecule is CC(OCC1(c2ccccc2)CCC(=O)CN1C(=O)OCc1ccccc1)c1cc(C(F)(F)F)cc(C(F)(F)F)c1. The van der Waals surface area contributed by atoms with Gasteiger partial charge in [0.1, 0.15) is 6.61 Å². The molecule has 11 heteroatoms. The Kier molecular flexibility index (Phi) is 8.77. The number of carbonyl (C=O) groups excluding carboxylic acids is 2. The van der Waals surface area contributed by atoms with Gasteiger partial charge in [0.25, 0.3) is 0 Å². The number of hydrogen-bond donors (Lipinski definition) is 0. The van der Waals surface area contributed by atoms with Crippen molar-refractivity contribution in [2.45, 2.75) is 50.4 Å². The summed E-state index contributed by atoms with van der Waals surface area (Å²) in [7, 11) is 0. The Labute approximate surface area is 232 Å². The van der Waals surface area contributed by atoms with Gasteiger partial charge < -0.3 is 9.47 Å². The molecule has 41 heavy (non-hydrogen) atoms. The zero-order valence-corrected chi connectivity index (χ0v) is 22.0. The number of ether oxygens (including phenoxy) is 2. The summed E-state index contributed by atoms with van der Waals surface area (Å²) < 4.78 is 92.1. The van der Waals surface area contributed by atoms with Gasteiger partial charge in [-0.05, 0) is 48.2 Å². The van der Waals surface area contributed by atoms with Crippen molar-refractivity contribution in [3.63, 3.8) is 0 Å². The number of piperidine rings is 1. The van der Waals surface area contributed by atoms with E-state index in [-0.39, 0.29) is 50.0 Å². The third kappa shape index (κ3) is 7.08. The average Bonchev–Trinajstić information content (AvgIpc) is 2.95. The number of nitrogens with zero attached hydrogens (tertiary/aromatic N) is 1. The summed E-state index contributed by atoms with van der Waals surface area (Å²) in [5.74, 6) is -0.228. The third-order valence-corrected chi connectivity index (χ3v) is 7.06. The number of benzene rings is 3. The molecule has 0 radical (unpaired) electrons. The van der Waals surface area contributed by atoms with E-state index in [4.69, 9.17) is 9.47 Å². The molecule has 0 N–H and O–H groups in total. The van der Waals surface area contributed by atoms with E-state index in [2.05, 4.69) is 0 Å². The third-order valence-electron chi connectivity index (χ3n) is 7.06. The predicted octanol–water partition coefficient (Wildman–Crippen LogP) is 7.70. The van der Waals surface area contributed by atoms with Crippen LogP contribution in [0, 0.1) is 0 Å². The number of Topliss-reactive ketones (excluding diaryl/α,β-unsaturated/α-hetero) is 1. The maximum absolute atomic E-state index is 13.4. The Hall–Kier alpha value is -3.86. The molecule has 2 atom stereocenters. The van der Waals surface area contributed by atoms with Gasteiger partial charge >= 0.3 is 18.4 Å². The molecule has 1 saturated heterocycles. The highest BCUT2D eigenvalue weighted by atomic mass is 19.4. The number of hydrogen-bond acceptors (Lipinski definition) is 4. The standard InChI is InChI=1S/C30H27F6NO4/c1-20(22-14-24(29(31,32)33)16-25(15-22)30(34,35)36)41-19-28(23-10-6-3-7-11-23)13-12-26(38)17-37(28)27(39)40-18-21-8-4-2-5-9-21/h2-11,14-16,20H,12-13,17-19H2,1H3. The predicted molar refractivity (Wildman–Crippen MR) is 137 cm³/mol. The molecule has 5 nitrogen and oxygen atoms in total. The van der Waals surface area contributed by atoms with Crippen LogP contribution in [0.2, 0.25) is 0 Å². The summed E-state index contributed by atoms with van der Waals surface area (Å²) in [4.78, 5) is 27.1. The second-order valence-corrected chi connectivity index (χ2v) is 9.86. The molecular formula is C30H27F6NO4. The Bertz CT molecular complexity index is 1330. The average molecular weight is 580 g/mol. The van der Waals surface area contributed by atoms with Gasteiger partial charge in [0, 0.05) is 6.42 Å². The lowest BCUT2D eigenvalue weighted by Gasteiger charge is -2.46. The van der Waals surface area contributed by atoms with Crippen molar-refractivity contribution in [3.05, 3.63) is 107 Å². The van der Waals surface area contributed by atoms with E-state index in [9.17, 15) is 35.9 Å². The van der Waals surface area contributed by atoms with Crippen molar-refractivity contribution >= 4 is 11.9 Å². The lowest BCUT2D eigenvalue weighted by molar-refractivity contribution is -0.143. The molecule has 0 aromatic heterocycles. The molecule has 1 heterocycles. The summed E-state index contributed by atoms with van der Waals surface area (Å²) in [5, 5.41) is 0. The van der Waals surface area contributed by atoms with E-state index in [0.29, 0.717) is 23.3 Å². The van der Waals surface area contributed by atoms with Crippen molar-refractivity contribution in [2.24, 2.45) is 0 Å². The summed E-state index contributed by atoms with van der Waals surface area (Å²) in [6, 6.07) is 18.8. The van der Waals surface area contributed by atoms with Gasteiger partial charge in [-0.1, -0.05) is 60.7 Å². The first-order valence-electron chi connectivity index (χ1n) is 12.8. The number of ketones is 1. The molecule has 218 valence electrons. The van der Waals surface area contributed by atoms with Crippen LogP contribution in [0.15, 0.2) is 78.9 Å². The van der Waals surface area contributed by atoms with Gasteiger partial charge in [0.2, 0.25) is 0 Å². The quantitative estimate of drug-likeness (QED) is 0.269. The highest BCUT2D eigenvalue weighted by molar-refractivity contribution is 5.86. The summed E-state index contributed by atoms with van der Waals surface area (Å²) >= 11 is 0. The highest BCUT2D eigenvalue weighted by Gasteiger charge is 2.47. The van der Waals surface area contributed by atoms with E-state index in [1.165, 1.54) is 11.8 Å². The Morgan fingerprint density at radius 3 is 2.02 bits per heavy atom. The van der Waals surface area contributed by atoms with Crippen molar-refractivity contribution in [1.29, 1.82) is 0 Å². The highest BCUT2D eigenvalue weighted by Crippen LogP contribution is 2.41. The molecule has 1 aliphatic heterocycles. The zero-order valence-electron chi connectivity index (χ0n) is 22.0. The van der Waals surface area contributed by atoms with Gasteiger partial charge in [0.15, 0.2) is 5.78 Å². The fourth-order valence-corrected chi connectivity index (χ4v) is 4.78. The van der Waals surface area contributed by atoms with Gasteiger partial charge in [-0.3, -0.25) is 9.69 Å².